The van der Waals surface area contributed by atoms with Crippen LogP contribution in [-0.2, 0) is 9.53 Å². The fourth-order valence-corrected chi connectivity index (χ4v) is 1.71. The van der Waals surface area contributed by atoms with Crippen LogP contribution in [0.3, 0.4) is 0 Å². The average Bonchev–Trinajstić information content (AvgIpc) is 2.21. The van der Waals surface area contributed by atoms with Gasteiger partial charge in [0, 0.05) is 5.25 Å². The van der Waals surface area contributed by atoms with Crippen LogP contribution in [-0.4, -0.2) is 28.3 Å². The summed E-state index contributed by atoms with van der Waals surface area (Å²) in [5.41, 5.74) is 0. The lowest BCUT2D eigenvalue weighted by molar-refractivity contribution is -0.140. The predicted octanol–water partition coefficient (Wildman–Crippen LogP) is 1.66. The minimum Gasteiger partial charge on any atom is -0.469 e. The molecule has 0 N–H and O–H groups in total. The van der Waals surface area contributed by atoms with Crippen LogP contribution in [0, 0.1) is 5.82 Å². The molecular weight excluding hydrogens is 219 g/mol. The average molecular weight is 230 g/mol. The van der Waals surface area contributed by atoms with Crippen LogP contribution in [0.2, 0.25) is 0 Å². The molecule has 6 heteroatoms. The van der Waals surface area contributed by atoms with Crippen LogP contribution in [0.25, 0.3) is 0 Å². The second kappa shape index (κ2) is 5.65. The third-order valence-corrected chi connectivity index (χ3v) is 2.58. The van der Waals surface area contributed by atoms with Crippen molar-refractivity contribution in [3.05, 3.63) is 18.2 Å². The normalized spacial score (nSPS) is 12.2. The molecule has 0 bridgehead atoms. The van der Waals surface area contributed by atoms with Crippen LogP contribution in [0.4, 0.5) is 4.39 Å². The monoisotopic (exact) mass is 230 g/mol. The van der Waals surface area contributed by atoms with Gasteiger partial charge in [-0.25, -0.2) is 14.4 Å². The highest BCUT2D eigenvalue weighted by atomic mass is 32.2. The summed E-state index contributed by atoms with van der Waals surface area (Å²) >= 11 is 1.31. The SMILES string of the molecule is COC(=O)CC(C)Sc1ncc(F)cn1. The Hall–Kier alpha value is -1.17. The number of halogens is 1. The topological polar surface area (TPSA) is 52.1 Å². The largest absolute Gasteiger partial charge is 0.469 e. The van der Waals surface area contributed by atoms with E-state index in [-0.39, 0.29) is 17.6 Å². The lowest BCUT2D eigenvalue weighted by atomic mass is 10.3. The van der Waals surface area contributed by atoms with Gasteiger partial charge in [-0.15, -0.1) is 0 Å². The highest BCUT2D eigenvalue weighted by Gasteiger charge is 2.11. The molecule has 0 aromatic carbocycles. The smallest absolute Gasteiger partial charge is 0.306 e. The van der Waals surface area contributed by atoms with E-state index in [1.54, 1.807) is 0 Å². The molecule has 0 saturated heterocycles. The number of carbonyl (C=O) groups excluding carboxylic acids is 1. The molecule has 0 radical (unpaired) electrons. The van der Waals surface area contributed by atoms with Crippen LogP contribution >= 0.6 is 11.8 Å². The molecule has 82 valence electrons. The molecular formula is C9H11FN2O2S. The van der Waals surface area contributed by atoms with Gasteiger partial charge in [-0.2, -0.15) is 0 Å². The zero-order chi connectivity index (χ0) is 11.3. The second-order valence-corrected chi connectivity index (χ2v) is 4.30. The van der Waals surface area contributed by atoms with Crippen LogP contribution in [0.5, 0.6) is 0 Å². The Labute approximate surface area is 91.3 Å². The third-order valence-electron chi connectivity index (χ3n) is 1.59. The maximum Gasteiger partial charge on any atom is 0.306 e. The van der Waals surface area contributed by atoms with Gasteiger partial charge in [0.15, 0.2) is 11.0 Å². The quantitative estimate of drug-likeness (QED) is 0.447. The van der Waals surface area contributed by atoms with Gasteiger partial charge < -0.3 is 4.74 Å². The number of hydrogen-bond donors (Lipinski definition) is 0. The van der Waals surface area contributed by atoms with Crippen molar-refractivity contribution in [2.75, 3.05) is 7.11 Å². The van der Waals surface area contributed by atoms with E-state index in [4.69, 9.17) is 0 Å². The predicted molar refractivity (Wildman–Crippen MR) is 53.9 cm³/mol. The molecule has 1 atom stereocenters. The molecule has 1 aromatic rings. The van der Waals surface area contributed by atoms with Crippen molar-refractivity contribution >= 4 is 17.7 Å². The van der Waals surface area contributed by atoms with E-state index in [0.717, 1.165) is 12.4 Å². The first kappa shape index (κ1) is 11.9. The van der Waals surface area contributed by atoms with E-state index in [2.05, 4.69) is 14.7 Å². The van der Waals surface area contributed by atoms with Crippen molar-refractivity contribution < 1.29 is 13.9 Å². The first-order valence-corrected chi connectivity index (χ1v) is 5.21. The van der Waals surface area contributed by atoms with Crippen molar-refractivity contribution in [2.45, 2.75) is 23.8 Å². The molecule has 1 heterocycles. The molecule has 0 aliphatic heterocycles. The molecule has 1 rings (SSSR count). The lowest BCUT2D eigenvalue weighted by Crippen LogP contribution is -2.09. The number of aromatic nitrogens is 2. The first-order valence-electron chi connectivity index (χ1n) is 4.33. The van der Waals surface area contributed by atoms with E-state index in [0.29, 0.717) is 5.16 Å². The first-order chi connectivity index (χ1) is 7.11. The summed E-state index contributed by atoms with van der Waals surface area (Å²) in [6.07, 6.45) is 2.47. The van der Waals surface area contributed by atoms with Gasteiger partial charge in [-0.1, -0.05) is 18.7 Å². The Morgan fingerprint density at radius 3 is 2.73 bits per heavy atom. The molecule has 0 saturated carbocycles. The summed E-state index contributed by atoms with van der Waals surface area (Å²) in [6, 6.07) is 0. The summed E-state index contributed by atoms with van der Waals surface area (Å²) in [5, 5.41) is 0.454. The van der Waals surface area contributed by atoms with Crippen LogP contribution in [0.15, 0.2) is 17.6 Å². The molecule has 4 nitrogen and oxygen atoms in total. The minimum atomic E-state index is -0.472. The van der Waals surface area contributed by atoms with Crippen molar-refractivity contribution in [1.29, 1.82) is 0 Å². The zero-order valence-corrected chi connectivity index (χ0v) is 9.25. The highest BCUT2D eigenvalue weighted by Crippen LogP contribution is 2.21. The van der Waals surface area contributed by atoms with Gasteiger partial charge in [0.1, 0.15) is 0 Å². The van der Waals surface area contributed by atoms with Crippen LogP contribution < -0.4 is 0 Å². The van der Waals surface area contributed by atoms with E-state index in [9.17, 15) is 9.18 Å². The number of thioether (sulfide) groups is 1. The number of nitrogens with zero attached hydrogens (tertiary/aromatic N) is 2. The third kappa shape index (κ3) is 4.24. The summed E-state index contributed by atoms with van der Waals surface area (Å²) in [7, 11) is 1.34. The maximum atomic E-state index is 12.5. The van der Waals surface area contributed by atoms with Crippen molar-refractivity contribution in [3.63, 3.8) is 0 Å². The second-order valence-electron chi connectivity index (χ2n) is 2.89. The summed E-state index contributed by atoms with van der Waals surface area (Å²) in [4.78, 5) is 18.5. The fourth-order valence-electron chi connectivity index (χ4n) is 0.901. The van der Waals surface area contributed by atoms with E-state index >= 15 is 0 Å². The Kier molecular flexibility index (Phi) is 4.48. The molecule has 15 heavy (non-hydrogen) atoms. The molecule has 1 unspecified atom stereocenters. The van der Waals surface area contributed by atoms with Crippen molar-refractivity contribution in [2.24, 2.45) is 0 Å². The maximum absolute atomic E-state index is 12.5. The van der Waals surface area contributed by atoms with Crippen molar-refractivity contribution in [1.82, 2.24) is 9.97 Å². The van der Waals surface area contributed by atoms with E-state index in [1.807, 2.05) is 6.92 Å². The minimum absolute atomic E-state index is 0.00270. The number of carbonyl (C=O) groups is 1. The van der Waals surface area contributed by atoms with Crippen molar-refractivity contribution in [3.8, 4) is 0 Å². The van der Waals surface area contributed by atoms with Gasteiger partial charge in [0.25, 0.3) is 0 Å². The van der Waals surface area contributed by atoms with Gasteiger partial charge in [0.2, 0.25) is 0 Å². The van der Waals surface area contributed by atoms with Gasteiger partial charge in [-0.3, -0.25) is 4.79 Å². The molecule has 0 fully saturated rings. The fraction of sp³-hybridized carbons (Fsp3) is 0.444. The molecule has 0 aliphatic carbocycles. The highest BCUT2D eigenvalue weighted by molar-refractivity contribution is 7.99. The van der Waals surface area contributed by atoms with Gasteiger partial charge in [-0.05, 0) is 0 Å². The Morgan fingerprint density at radius 2 is 2.20 bits per heavy atom. The zero-order valence-electron chi connectivity index (χ0n) is 8.44. The lowest BCUT2D eigenvalue weighted by Gasteiger charge is -2.07. The molecule has 0 aliphatic rings. The number of rotatable bonds is 4. The van der Waals surface area contributed by atoms with Gasteiger partial charge >= 0.3 is 5.97 Å². The molecule has 0 spiro atoms. The summed E-state index contributed by atoms with van der Waals surface area (Å²) < 4.78 is 17.0. The summed E-state index contributed by atoms with van der Waals surface area (Å²) in [5.74, 6) is -0.753. The van der Waals surface area contributed by atoms with E-state index < -0.39 is 5.82 Å². The van der Waals surface area contributed by atoms with E-state index in [1.165, 1.54) is 18.9 Å². The summed E-state index contributed by atoms with van der Waals surface area (Å²) in [6.45, 7) is 1.86. The molecule has 0 amide bonds. The van der Waals surface area contributed by atoms with Gasteiger partial charge in [0.05, 0.1) is 25.9 Å². The number of ether oxygens (including phenoxy) is 1. The number of methoxy groups -OCH3 is 1. The standard InChI is InChI=1S/C9H11FN2O2S/c1-6(3-8(13)14-2)15-9-11-4-7(10)5-12-9/h4-6H,3H2,1-2H3. The van der Waals surface area contributed by atoms with Crippen LogP contribution in [0.1, 0.15) is 13.3 Å². The Balaban J connectivity index is 2.47. The number of hydrogen-bond acceptors (Lipinski definition) is 5. The Morgan fingerprint density at radius 1 is 1.60 bits per heavy atom. The number of esters is 1. The molecule has 1 aromatic heterocycles. The Bertz CT molecular complexity index is 331.